The lowest BCUT2D eigenvalue weighted by molar-refractivity contribution is -0.384. The minimum atomic E-state index is -0.473. The summed E-state index contributed by atoms with van der Waals surface area (Å²) in [5.74, 6) is 2.32. The van der Waals surface area contributed by atoms with Crippen LogP contribution in [0.4, 0.5) is 11.4 Å². The maximum atomic E-state index is 12.6. The van der Waals surface area contributed by atoms with Crippen LogP contribution in [0.25, 0.3) is 10.2 Å². The number of anilines is 1. The zero-order valence-corrected chi connectivity index (χ0v) is 18.5. The minimum Gasteiger partial charge on any atom is -0.311 e. The molecule has 1 aliphatic heterocycles. The number of para-hydroxylation sites is 1. The van der Waals surface area contributed by atoms with E-state index >= 15 is 0 Å². The second-order valence-corrected chi connectivity index (χ2v) is 9.00. The summed E-state index contributed by atoms with van der Waals surface area (Å²) < 4.78 is 2.30. The second kappa shape index (κ2) is 9.38. The molecule has 1 aromatic heterocycles. The number of non-ortho nitro benzene ring substituents is 1. The average molecular weight is 467 g/mol. The molecule has 0 unspecified atom stereocenters. The van der Waals surface area contributed by atoms with Crippen LogP contribution in [0.15, 0.2) is 47.5 Å². The predicted molar refractivity (Wildman–Crippen MR) is 126 cm³/mol. The van der Waals surface area contributed by atoms with Gasteiger partial charge < -0.3 is 9.47 Å². The summed E-state index contributed by atoms with van der Waals surface area (Å²) in [7, 11) is 0. The largest absolute Gasteiger partial charge is 0.311 e. The van der Waals surface area contributed by atoms with E-state index in [-0.39, 0.29) is 29.6 Å². The van der Waals surface area contributed by atoms with E-state index in [0.29, 0.717) is 21.6 Å². The van der Waals surface area contributed by atoms with Gasteiger partial charge in [-0.1, -0.05) is 35.5 Å². The van der Waals surface area contributed by atoms with Gasteiger partial charge in [0.2, 0.25) is 5.91 Å². The van der Waals surface area contributed by atoms with Gasteiger partial charge in [0.05, 0.1) is 33.2 Å². The lowest BCUT2D eigenvalue weighted by atomic mass is 10.2. The van der Waals surface area contributed by atoms with Gasteiger partial charge >= 0.3 is 0 Å². The third-order valence-corrected chi connectivity index (χ3v) is 6.93. The molecular weight excluding hydrogens is 448 g/mol. The van der Waals surface area contributed by atoms with Crippen molar-refractivity contribution < 1.29 is 14.5 Å². The van der Waals surface area contributed by atoms with Crippen molar-refractivity contribution in [3.63, 3.8) is 0 Å². The summed E-state index contributed by atoms with van der Waals surface area (Å²) in [5, 5.41) is 11.0. The summed E-state index contributed by atoms with van der Waals surface area (Å²) >= 11 is 2.38. The molecule has 0 bridgehead atoms. The third-order valence-electron chi connectivity index (χ3n) is 4.99. The van der Waals surface area contributed by atoms with Crippen LogP contribution in [0.3, 0.4) is 0 Å². The average Bonchev–Trinajstić information content (AvgIpc) is 3.35. The molecule has 32 heavy (non-hydrogen) atoms. The first kappa shape index (κ1) is 21.8. The van der Waals surface area contributed by atoms with Crippen LogP contribution in [0.1, 0.15) is 5.56 Å². The number of hydrogen-bond acceptors (Lipinski definition) is 6. The summed E-state index contributed by atoms with van der Waals surface area (Å²) in [6.45, 7) is 0.834. The first-order valence-electron chi connectivity index (χ1n) is 9.72. The van der Waals surface area contributed by atoms with Crippen molar-refractivity contribution in [1.29, 1.82) is 0 Å². The van der Waals surface area contributed by atoms with Gasteiger partial charge in [-0.3, -0.25) is 19.7 Å². The Balaban J connectivity index is 1.45. The number of carbonyl (C=O) groups is 2. The molecule has 0 radical (unpaired) electrons. The van der Waals surface area contributed by atoms with Crippen molar-refractivity contribution in [3.05, 3.63) is 62.9 Å². The zero-order chi connectivity index (χ0) is 22.7. The number of thiazole rings is 1. The van der Waals surface area contributed by atoms with Crippen molar-refractivity contribution in [1.82, 2.24) is 4.57 Å². The highest BCUT2D eigenvalue weighted by molar-refractivity contribution is 8.00. The zero-order valence-electron chi connectivity index (χ0n) is 16.9. The van der Waals surface area contributed by atoms with E-state index in [0.717, 1.165) is 17.7 Å². The van der Waals surface area contributed by atoms with E-state index in [4.69, 9.17) is 6.42 Å². The number of hydrogen-bond donors (Lipinski definition) is 0. The number of amides is 2. The topological polar surface area (TPSA) is 97.8 Å². The number of nitro benzene ring substituents is 1. The summed E-state index contributed by atoms with van der Waals surface area (Å²) in [5.41, 5.74) is 2.73. The minimum absolute atomic E-state index is 0.0377. The van der Waals surface area contributed by atoms with E-state index in [1.807, 2.05) is 24.3 Å². The highest BCUT2D eigenvalue weighted by atomic mass is 32.2. The second-order valence-electron chi connectivity index (χ2n) is 7.01. The number of rotatable bonds is 6. The van der Waals surface area contributed by atoms with Crippen LogP contribution >= 0.6 is 23.1 Å². The number of thioether (sulfide) groups is 1. The molecule has 2 aromatic carbocycles. The number of aromatic nitrogens is 1. The number of fused-ring (bicyclic) bond motifs is 2. The Morgan fingerprint density at radius 3 is 2.84 bits per heavy atom. The van der Waals surface area contributed by atoms with Gasteiger partial charge in [-0.05, 0) is 24.1 Å². The summed E-state index contributed by atoms with van der Waals surface area (Å²) in [6, 6.07) is 12.3. The number of nitrogens with zero attached hydrogens (tertiary/aromatic N) is 4. The molecule has 4 rings (SSSR count). The molecule has 0 fully saturated rings. The Labute approximate surface area is 191 Å². The van der Waals surface area contributed by atoms with E-state index in [9.17, 15) is 19.7 Å². The van der Waals surface area contributed by atoms with Gasteiger partial charge in [0.15, 0.2) is 4.80 Å². The summed E-state index contributed by atoms with van der Waals surface area (Å²) in [4.78, 5) is 41.9. The van der Waals surface area contributed by atoms with Gasteiger partial charge in [0, 0.05) is 24.4 Å². The van der Waals surface area contributed by atoms with Crippen molar-refractivity contribution in [2.24, 2.45) is 4.99 Å². The van der Waals surface area contributed by atoms with Crippen LogP contribution in [0.2, 0.25) is 0 Å². The molecule has 0 N–H and O–H groups in total. The first-order chi connectivity index (χ1) is 15.5. The van der Waals surface area contributed by atoms with Crippen LogP contribution in [0, 0.1) is 22.5 Å². The molecule has 0 spiro atoms. The standard InChI is InChI=1S/C22H18N4O4S2/c1-2-10-25-18-8-7-16(26(29)30)12-19(18)32-22(25)23-20(27)13-31-14-21(28)24-11-9-15-5-3-4-6-17(15)24/h1,3-8,12H,9-11,13-14H2. The van der Waals surface area contributed by atoms with Crippen molar-refractivity contribution in [2.45, 2.75) is 13.0 Å². The molecule has 0 saturated carbocycles. The lowest BCUT2D eigenvalue weighted by Gasteiger charge is -2.16. The van der Waals surface area contributed by atoms with Crippen LogP contribution in [0.5, 0.6) is 0 Å². The van der Waals surface area contributed by atoms with Crippen molar-refractivity contribution in [3.8, 4) is 12.3 Å². The Morgan fingerprint density at radius 2 is 2.06 bits per heavy atom. The molecule has 8 nitrogen and oxygen atoms in total. The van der Waals surface area contributed by atoms with Gasteiger partial charge in [-0.25, -0.2) is 0 Å². The predicted octanol–water partition coefficient (Wildman–Crippen LogP) is 2.99. The molecule has 162 valence electrons. The summed E-state index contributed by atoms with van der Waals surface area (Å²) in [6.07, 6.45) is 6.28. The van der Waals surface area contributed by atoms with Crippen LogP contribution in [-0.4, -0.2) is 39.4 Å². The van der Waals surface area contributed by atoms with Crippen LogP contribution < -0.4 is 9.70 Å². The monoisotopic (exact) mass is 466 g/mol. The Kier molecular flexibility index (Phi) is 6.39. The highest BCUT2D eigenvalue weighted by Gasteiger charge is 2.24. The normalized spacial score (nSPS) is 13.2. The van der Waals surface area contributed by atoms with Gasteiger partial charge in [-0.15, -0.1) is 18.2 Å². The molecule has 2 heterocycles. The van der Waals surface area contributed by atoms with E-state index in [1.54, 1.807) is 15.5 Å². The van der Waals surface area contributed by atoms with E-state index < -0.39 is 10.8 Å². The third kappa shape index (κ3) is 4.44. The lowest BCUT2D eigenvalue weighted by Crippen LogP contribution is -2.30. The highest BCUT2D eigenvalue weighted by Crippen LogP contribution is 2.28. The molecule has 0 atom stereocenters. The first-order valence-corrected chi connectivity index (χ1v) is 11.7. The van der Waals surface area contributed by atoms with E-state index in [2.05, 4.69) is 10.9 Å². The molecule has 2 amide bonds. The number of benzene rings is 2. The maximum Gasteiger partial charge on any atom is 0.270 e. The molecule has 0 aliphatic carbocycles. The fraction of sp³-hybridized carbons (Fsp3) is 0.227. The molecule has 3 aromatic rings. The van der Waals surface area contributed by atoms with Crippen molar-refractivity contribution in [2.75, 3.05) is 23.0 Å². The fourth-order valence-electron chi connectivity index (χ4n) is 3.54. The molecule has 10 heteroatoms. The fourth-order valence-corrected chi connectivity index (χ4v) is 5.30. The van der Waals surface area contributed by atoms with E-state index in [1.165, 1.54) is 35.2 Å². The Bertz CT molecular complexity index is 1340. The van der Waals surface area contributed by atoms with Crippen molar-refractivity contribution >= 4 is 56.5 Å². The molecular formula is C22H18N4O4S2. The maximum absolute atomic E-state index is 12.6. The number of nitro groups is 1. The van der Waals surface area contributed by atoms with Gasteiger partial charge in [-0.2, -0.15) is 4.99 Å². The number of carbonyl (C=O) groups excluding carboxylic acids is 2. The van der Waals surface area contributed by atoms with Crippen LogP contribution in [-0.2, 0) is 22.6 Å². The SMILES string of the molecule is C#CCn1c(=NC(=O)CSCC(=O)N2CCc3ccccc32)sc2cc([N+](=O)[O-])ccc21. The Morgan fingerprint density at radius 1 is 1.25 bits per heavy atom. The smallest absolute Gasteiger partial charge is 0.270 e. The Hall–Kier alpha value is -3.42. The molecule has 0 saturated heterocycles. The van der Waals surface area contributed by atoms with Gasteiger partial charge in [0.1, 0.15) is 0 Å². The number of terminal acetylenes is 1. The molecule has 1 aliphatic rings. The quantitative estimate of drug-likeness (QED) is 0.316. The van der Waals surface area contributed by atoms with Gasteiger partial charge in [0.25, 0.3) is 11.6 Å².